The quantitative estimate of drug-likeness (QED) is 0.317. The van der Waals surface area contributed by atoms with Crippen LogP contribution in [0.15, 0.2) is 11.6 Å². The normalized spacial score (nSPS) is 14.8. The topological polar surface area (TPSA) is 18.5 Å². The summed E-state index contributed by atoms with van der Waals surface area (Å²) in [6.45, 7) is 9.39. The lowest BCUT2D eigenvalue weighted by Gasteiger charge is -2.28. The highest BCUT2D eigenvalue weighted by Crippen LogP contribution is 2.31. The Morgan fingerprint density at radius 3 is 2.19 bits per heavy atom. The van der Waals surface area contributed by atoms with Crippen molar-refractivity contribution in [2.75, 3.05) is 6.61 Å². The molecule has 1 unspecified atom stereocenters. The van der Waals surface area contributed by atoms with Crippen molar-refractivity contribution in [2.45, 2.75) is 44.6 Å². The molecule has 0 aliphatic heterocycles. The fourth-order valence-electron chi connectivity index (χ4n) is 0.819. The Kier molecular flexibility index (Phi) is 6.32. The molecular weight excluding hydrogens is 298 g/mol. The first-order chi connectivity index (χ1) is 7.02. The van der Waals surface area contributed by atoms with E-state index in [-0.39, 0.29) is 6.61 Å². The van der Waals surface area contributed by atoms with Gasteiger partial charge in [0, 0.05) is 0 Å². The summed E-state index contributed by atoms with van der Waals surface area (Å²) in [4.78, 5) is -3.16. The standard InChI is InChI=1S/C10H19BrF2O2Si/c1-8(2)6-7-14-9(10(11,12)13)15-16(3,4)5/h6,9H,7H2,1-5H3. The van der Waals surface area contributed by atoms with Crippen molar-refractivity contribution >= 4 is 24.2 Å². The van der Waals surface area contributed by atoms with E-state index in [1.54, 1.807) is 6.08 Å². The highest BCUT2D eigenvalue weighted by atomic mass is 79.9. The summed E-state index contributed by atoms with van der Waals surface area (Å²) in [5.41, 5.74) is 1.02. The maximum absolute atomic E-state index is 13.1. The van der Waals surface area contributed by atoms with E-state index in [1.165, 1.54) is 0 Å². The molecule has 16 heavy (non-hydrogen) atoms. The number of allylic oxidation sites excluding steroid dienone is 1. The number of rotatable bonds is 6. The lowest BCUT2D eigenvalue weighted by molar-refractivity contribution is -0.171. The number of halogens is 3. The minimum Gasteiger partial charge on any atom is -0.388 e. The fraction of sp³-hybridized carbons (Fsp3) is 0.800. The van der Waals surface area contributed by atoms with Crippen LogP contribution in [-0.2, 0) is 9.16 Å². The van der Waals surface area contributed by atoms with Gasteiger partial charge < -0.3 is 9.16 Å². The second kappa shape index (κ2) is 6.23. The average molecular weight is 317 g/mol. The van der Waals surface area contributed by atoms with Gasteiger partial charge in [-0.1, -0.05) is 11.6 Å². The Bertz CT molecular complexity index is 242. The molecule has 1 atom stereocenters. The lowest BCUT2D eigenvalue weighted by atomic mass is 10.3. The summed E-state index contributed by atoms with van der Waals surface area (Å²) in [7, 11) is -2.06. The summed E-state index contributed by atoms with van der Waals surface area (Å²) < 4.78 is 36.5. The van der Waals surface area contributed by atoms with Crippen LogP contribution >= 0.6 is 15.9 Å². The molecule has 0 rings (SSSR count). The summed E-state index contributed by atoms with van der Waals surface area (Å²) >= 11 is 2.28. The predicted octanol–water partition coefficient (Wildman–Crippen LogP) is 4.13. The van der Waals surface area contributed by atoms with Gasteiger partial charge in [-0.05, 0) is 49.4 Å². The minimum atomic E-state index is -3.16. The highest BCUT2D eigenvalue weighted by Gasteiger charge is 2.41. The van der Waals surface area contributed by atoms with Gasteiger partial charge in [-0.3, -0.25) is 0 Å². The van der Waals surface area contributed by atoms with Crippen LogP contribution in [0, 0.1) is 0 Å². The van der Waals surface area contributed by atoms with Crippen LogP contribution in [0.5, 0.6) is 0 Å². The van der Waals surface area contributed by atoms with Gasteiger partial charge in [-0.2, -0.15) is 8.78 Å². The fourth-order valence-corrected chi connectivity index (χ4v) is 2.08. The Balaban J connectivity index is 4.41. The van der Waals surface area contributed by atoms with Crippen molar-refractivity contribution in [3.63, 3.8) is 0 Å². The Labute approximate surface area is 105 Å². The molecule has 0 aromatic heterocycles. The van der Waals surface area contributed by atoms with Gasteiger partial charge >= 0.3 is 4.83 Å². The van der Waals surface area contributed by atoms with Crippen LogP contribution in [0.4, 0.5) is 8.78 Å². The SMILES string of the molecule is CC(C)=CCOC(O[Si](C)(C)C)C(F)(F)Br. The van der Waals surface area contributed by atoms with Crippen molar-refractivity contribution in [3.8, 4) is 0 Å². The van der Waals surface area contributed by atoms with E-state index in [1.807, 2.05) is 33.5 Å². The van der Waals surface area contributed by atoms with Gasteiger partial charge in [0.2, 0.25) is 6.29 Å². The van der Waals surface area contributed by atoms with Crippen molar-refractivity contribution in [2.24, 2.45) is 0 Å². The molecule has 96 valence electrons. The van der Waals surface area contributed by atoms with E-state index in [4.69, 9.17) is 9.16 Å². The smallest absolute Gasteiger partial charge is 0.350 e. The highest BCUT2D eigenvalue weighted by molar-refractivity contribution is 9.10. The molecule has 0 heterocycles. The van der Waals surface area contributed by atoms with Gasteiger partial charge in [0.05, 0.1) is 6.61 Å². The van der Waals surface area contributed by atoms with E-state index in [9.17, 15) is 8.78 Å². The zero-order valence-electron chi connectivity index (χ0n) is 10.3. The molecule has 0 aromatic rings. The molecule has 0 aromatic carbocycles. The summed E-state index contributed by atoms with van der Waals surface area (Å²) in [5, 5.41) is 0. The lowest BCUT2D eigenvalue weighted by Crippen LogP contribution is -2.41. The number of ether oxygens (including phenoxy) is 1. The van der Waals surface area contributed by atoms with Gasteiger partial charge in [0.15, 0.2) is 8.32 Å². The van der Waals surface area contributed by atoms with E-state index in [0.717, 1.165) is 5.57 Å². The Morgan fingerprint density at radius 1 is 1.38 bits per heavy atom. The Hall–Kier alpha value is 0.217. The zero-order valence-corrected chi connectivity index (χ0v) is 12.9. The van der Waals surface area contributed by atoms with Crippen LogP contribution < -0.4 is 0 Å². The van der Waals surface area contributed by atoms with Crippen molar-refractivity contribution in [1.29, 1.82) is 0 Å². The van der Waals surface area contributed by atoms with Crippen molar-refractivity contribution in [1.82, 2.24) is 0 Å². The monoisotopic (exact) mass is 316 g/mol. The summed E-state index contributed by atoms with van der Waals surface area (Å²) in [5.74, 6) is 0. The molecule has 0 amide bonds. The third kappa shape index (κ3) is 8.38. The van der Waals surface area contributed by atoms with Crippen LogP contribution in [0.2, 0.25) is 19.6 Å². The van der Waals surface area contributed by atoms with Crippen LogP contribution in [0.25, 0.3) is 0 Å². The van der Waals surface area contributed by atoms with Crippen LogP contribution in [0.1, 0.15) is 13.8 Å². The summed E-state index contributed by atoms with van der Waals surface area (Å²) in [6, 6.07) is 0. The zero-order chi connectivity index (χ0) is 13.0. The largest absolute Gasteiger partial charge is 0.388 e. The molecule has 0 saturated carbocycles. The molecule has 2 nitrogen and oxygen atoms in total. The molecule has 0 saturated heterocycles. The van der Waals surface area contributed by atoms with E-state index >= 15 is 0 Å². The van der Waals surface area contributed by atoms with Crippen LogP contribution in [-0.4, -0.2) is 26.0 Å². The van der Waals surface area contributed by atoms with E-state index in [0.29, 0.717) is 0 Å². The molecule has 0 aliphatic rings. The molecular formula is C10H19BrF2O2Si. The molecule has 0 aliphatic carbocycles. The van der Waals surface area contributed by atoms with Crippen molar-refractivity contribution in [3.05, 3.63) is 11.6 Å². The van der Waals surface area contributed by atoms with Gasteiger partial charge in [-0.25, -0.2) is 0 Å². The van der Waals surface area contributed by atoms with Crippen molar-refractivity contribution < 1.29 is 17.9 Å². The van der Waals surface area contributed by atoms with Gasteiger partial charge in [0.1, 0.15) is 0 Å². The second-order valence-electron chi connectivity index (χ2n) is 4.72. The predicted molar refractivity (Wildman–Crippen MR) is 67.5 cm³/mol. The third-order valence-electron chi connectivity index (χ3n) is 1.47. The van der Waals surface area contributed by atoms with E-state index in [2.05, 4.69) is 15.9 Å². The van der Waals surface area contributed by atoms with Gasteiger partial charge in [-0.15, -0.1) is 0 Å². The minimum absolute atomic E-state index is 0.124. The summed E-state index contributed by atoms with van der Waals surface area (Å²) in [6.07, 6.45) is 0.203. The number of alkyl halides is 3. The maximum atomic E-state index is 13.1. The van der Waals surface area contributed by atoms with E-state index < -0.39 is 19.4 Å². The number of hydrogen-bond acceptors (Lipinski definition) is 2. The molecule has 0 N–H and O–H groups in total. The van der Waals surface area contributed by atoms with Gasteiger partial charge in [0.25, 0.3) is 0 Å². The number of hydrogen-bond donors (Lipinski definition) is 0. The molecule has 0 fully saturated rings. The molecule has 0 spiro atoms. The first kappa shape index (κ1) is 16.2. The first-order valence-corrected chi connectivity index (χ1v) is 9.22. The third-order valence-corrected chi connectivity index (χ3v) is 2.76. The second-order valence-corrected chi connectivity index (χ2v) is 10.2. The molecule has 0 bridgehead atoms. The molecule has 0 radical (unpaired) electrons. The van der Waals surface area contributed by atoms with Crippen LogP contribution in [0.3, 0.4) is 0 Å². The maximum Gasteiger partial charge on any atom is 0.350 e. The Morgan fingerprint density at radius 2 is 1.88 bits per heavy atom. The molecule has 6 heteroatoms. The first-order valence-electron chi connectivity index (χ1n) is 5.02. The average Bonchev–Trinajstić information content (AvgIpc) is 1.97.